The maximum absolute atomic E-state index is 11.8. The van der Waals surface area contributed by atoms with Gasteiger partial charge in [0.2, 0.25) is 0 Å². The zero-order chi connectivity index (χ0) is 11.8. The van der Waals surface area contributed by atoms with Crippen LogP contribution in [0, 0.1) is 14.1 Å². The number of carbonyl (C=O) groups excluding carboxylic acids is 1. The molecule has 0 fully saturated rings. The molecule has 1 aliphatic heterocycles. The molecule has 2 aromatic rings. The molecule has 0 amide bonds. The van der Waals surface area contributed by atoms with Gasteiger partial charge in [0.15, 0.2) is 0 Å². The fraction of sp³-hybridized carbons (Fsp3) is 0.0714. The molecule has 0 spiro atoms. The summed E-state index contributed by atoms with van der Waals surface area (Å²) in [4.78, 5) is 11.8. The van der Waals surface area contributed by atoms with Crippen LogP contribution in [0.1, 0.15) is 15.9 Å². The van der Waals surface area contributed by atoms with Crippen molar-refractivity contribution < 1.29 is 7.86 Å². The quantitative estimate of drug-likeness (QED) is 0.743. The van der Waals surface area contributed by atoms with Gasteiger partial charge < -0.3 is 0 Å². The molecule has 86 valence electrons. The van der Waals surface area contributed by atoms with Gasteiger partial charge in [-0.15, -0.1) is 0 Å². The van der Waals surface area contributed by atoms with Gasteiger partial charge in [0.1, 0.15) is 0 Å². The van der Waals surface area contributed by atoms with E-state index in [1.54, 1.807) is 0 Å². The summed E-state index contributed by atoms with van der Waals surface area (Å²) in [6.45, 7) is 2.05. The van der Waals surface area contributed by atoms with Gasteiger partial charge in [-0.2, -0.15) is 0 Å². The average molecular weight is 338 g/mol. The summed E-state index contributed by atoms with van der Waals surface area (Å²) >= 11 is -1.98. The Bertz CT molecular complexity index is 578. The molecule has 0 N–H and O–H groups in total. The standard InChI is InChI=1S/C14H11IO2/c1-10-6-5-9-12-13(10)15(17-14(12)16)11-7-3-2-4-8-11/h2-9H,1H3. The van der Waals surface area contributed by atoms with Crippen LogP contribution >= 0.6 is 20.2 Å². The van der Waals surface area contributed by atoms with Crippen molar-refractivity contribution in [1.82, 2.24) is 0 Å². The average Bonchev–Trinajstić information content (AvgIpc) is 2.70. The van der Waals surface area contributed by atoms with Gasteiger partial charge in [-0.05, 0) is 0 Å². The van der Waals surface area contributed by atoms with Gasteiger partial charge in [0, 0.05) is 0 Å². The van der Waals surface area contributed by atoms with E-state index in [2.05, 4.69) is 12.1 Å². The fourth-order valence-corrected chi connectivity index (χ4v) is 6.55. The van der Waals surface area contributed by atoms with Crippen molar-refractivity contribution in [3.05, 3.63) is 66.8 Å². The third-order valence-electron chi connectivity index (χ3n) is 2.66. The van der Waals surface area contributed by atoms with Crippen molar-refractivity contribution >= 4 is 26.2 Å². The molecule has 3 heteroatoms. The predicted molar refractivity (Wildman–Crippen MR) is 74.5 cm³/mol. The Morgan fingerprint density at radius 3 is 2.53 bits per heavy atom. The summed E-state index contributed by atoms with van der Waals surface area (Å²) in [6, 6.07) is 15.9. The summed E-state index contributed by atoms with van der Waals surface area (Å²) in [5.74, 6) is -0.155. The predicted octanol–water partition coefficient (Wildman–Crippen LogP) is 3.63. The molecule has 0 radical (unpaired) electrons. The molecule has 0 atom stereocenters. The van der Waals surface area contributed by atoms with Gasteiger partial charge in [-0.1, -0.05) is 0 Å². The first kappa shape index (κ1) is 10.8. The molecule has 3 rings (SSSR count). The first-order valence-electron chi connectivity index (χ1n) is 5.35. The Morgan fingerprint density at radius 1 is 1.00 bits per heavy atom. The van der Waals surface area contributed by atoms with Crippen molar-refractivity contribution in [3.63, 3.8) is 0 Å². The summed E-state index contributed by atoms with van der Waals surface area (Å²) in [6.07, 6.45) is 0. The monoisotopic (exact) mass is 338 g/mol. The summed E-state index contributed by atoms with van der Waals surface area (Å²) in [5.41, 5.74) is 1.93. The number of halogens is 1. The van der Waals surface area contributed by atoms with Crippen molar-refractivity contribution in [1.29, 1.82) is 0 Å². The van der Waals surface area contributed by atoms with E-state index in [-0.39, 0.29) is 5.97 Å². The summed E-state index contributed by atoms with van der Waals surface area (Å²) in [5, 5.41) is 0. The van der Waals surface area contributed by atoms with Gasteiger partial charge in [-0.3, -0.25) is 0 Å². The van der Waals surface area contributed by atoms with Gasteiger partial charge >= 0.3 is 108 Å². The van der Waals surface area contributed by atoms with Crippen LogP contribution in [0.25, 0.3) is 0 Å². The van der Waals surface area contributed by atoms with Crippen LogP contribution in [0.4, 0.5) is 0 Å². The number of hydrogen-bond donors (Lipinski definition) is 0. The van der Waals surface area contributed by atoms with E-state index >= 15 is 0 Å². The molecule has 0 aromatic heterocycles. The van der Waals surface area contributed by atoms with Crippen molar-refractivity contribution in [3.8, 4) is 0 Å². The molecule has 2 aromatic carbocycles. The minimum absolute atomic E-state index is 0.155. The summed E-state index contributed by atoms with van der Waals surface area (Å²) < 4.78 is 7.96. The van der Waals surface area contributed by atoms with E-state index < -0.39 is 20.2 Å². The number of hydrogen-bond acceptors (Lipinski definition) is 2. The Balaban J connectivity index is 2.16. The molecule has 0 saturated heterocycles. The zero-order valence-electron chi connectivity index (χ0n) is 9.31. The van der Waals surface area contributed by atoms with Gasteiger partial charge in [0.05, 0.1) is 0 Å². The molecule has 2 nitrogen and oxygen atoms in total. The Kier molecular flexibility index (Phi) is 2.63. The third-order valence-corrected chi connectivity index (χ3v) is 7.76. The fourth-order valence-electron chi connectivity index (χ4n) is 1.87. The first-order chi connectivity index (χ1) is 8.27. The second kappa shape index (κ2) is 4.14. The van der Waals surface area contributed by atoms with Crippen molar-refractivity contribution in [2.45, 2.75) is 6.92 Å². The Labute approximate surface area is 108 Å². The van der Waals surface area contributed by atoms with Crippen LogP contribution in [0.2, 0.25) is 0 Å². The molecule has 1 aliphatic rings. The van der Waals surface area contributed by atoms with E-state index in [4.69, 9.17) is 3.07 Å². The SMILES string of the molecule is Cc1cccc2c1I(c1ccccc1)OC2=O. The second-order valence-corrected chi connectivity index (χ2v) is 8.03. The van der Waals surface area contributed by atoms with Crippen LogP contribution in [-0.2, 0) is 3.07 Å². The molecule has 0 aliphatic carbocycles. The Hall–Kier alpha value is -1.36. The third kappa shape index (κ3) is 1.74. The zero-order valence-corrected chi connectivity index (χ0v) is 11.5. The van der Waals surface area contributed by atoms with E-state index in [1.807, 2.05) is 43.3 Å². The Morgan fingerprint density at radius 2 is 1.76 bits per heavy atom. The molecular formula is C14H11IO2. The first-order valence-corrected chi connectivity index (χ1v) is 8.38. The molecule has 1 heterocycles. The second-order valence-electron chi connectivity index (χ2n) is 3.85. The number of fused-ring (bicyclic) bond motifs is 1. The van der Waals surface area contributed by atoms with E-state index in [0.717, 1.165) is 9.13 Å². The van der Waals surface area contributed by atoms with Crippen LogP contribution in [-0.4, -0.2) is 5.97 Å². The van der Waals surface area contributed by atoms with Crippen LogP contribution in [0.5, 0.6) is 0 Å². The summed E-state index contributed by atoms with van der Waals surface area (Å²) in [7, 11) is 0. The van der Waals surface area contributed by atoms with Gasteiger partial charge in [-0.25, -0.2) is 0 Å². The van der Waals surface area contributed by atoms with Crippen LogP contribution in [0.3, 0.4) is 0 Å². The molecule has 17 heavy (non-hydrogen) atoms. The molecule has 0 bridgehead atoms. The minimum atomic E-state index is -1.98. The number of carbonyl (C=O) groups is 1. The van der Waals surface area contributed by atoms with Crippen molar-refractivity contribution in [2.24, 2.45) is 0 Å². The molecule has 0 unspecified atom stereocenters. The number of rotatable bonds is 1. The topological polar surface area (TPSA) is 26.3 Å². The maximum atomic E-state index is 11.8. The van der Waals surface area contributed by atoms with Crippen LogP contribution in [0.15, 0.2) is 48.5 Å². The van der Waals surface area contributed by atoms with E-state index in [9.17, 15) is 4.79 Å². The van der Waals surface area contributed by atoms with E-state index in [0.29, 0.717) is 0 Å². The molecular weight excluding hydrogens is 327 g/mol. The number of aryl methyl sites for hydroxylation is 1. The van der Waals surface area contributed by atoms with Crippen LogP contribution < -0.4 is 0 Å². The van der Waals surface area contributed by atoms with E-state index in [1.165, 1.54) is 9.13 Å². The van der Waals surface area contributed by atoms with Gasteiger partial charge in [0.25, 0.3) is 0 Å². The van der Waals surface area contributed by atoms with Crippen molar-refractivity contribution in [2.75, 3.05) is 0 Å². The normalized spacial score (nSPS) is 15.6. The molecule has 0 saturated carbocycles. The number of benzene rings is 2.